The number of halogens is 3. The normalized spacial score (nSPS) is 20.3. The first-order valence-corrected chi connectivity index (χ1v) is 11.1. The number of aliphatic hydroxyl groups is 1. The summed E-state index contributed by atoms with van der Waals surface area (Å²) in [5.74, 6) is 2.35. The number of benzene rings is 1. The molecule has 0 unspecified atom stereocenters. The molecule has 1 fully saturated rings. The minimum absolute atomic E-state index is 0.0364. The number of nitrogens with one attached hydrogen (secondary N) is 1. The summed E-state index contributed by atoms with van der Waals surface area (Å²) in [7, 11) is 1.86. The quantitative estimate of drug-likeness (QED) is 0.281. The fourth-order valence-corrected chi connectivity index (χ4v) is 4.68. The molecule has 1 aliphatic rings. The van der Waals surface area contributed by atoms with Crippen LogP contribution in [-0.2, 0) is 18.3 Å². The number of thiazole rings is 1. The zero-order valence-corrected chi connectivity index (χ0v) is 19.1. The van der Waals surface area contributed by atoms with E-state index in [-0.39, 0.29) is 30.2 Å². The highest BCUT2D eigenvalue weighted by Crippen LogP contribution is 2.39. The minimum Gasteiger partial charge on any atom is -0.382 e. The lowest BCUT2D eigenvalue weighted by Gasteiger charge is -2.18. The third-order valence-electron chi connectivity index (χ3n) is 5.48. The number of terminal acetylenes is 1. The number of nitrogens with zero attached hydrogens (tertiary/aromatic N) is 5. The molecule has 0 bridgehead atoms. The number of nitro benzene ring substituents is 1. The lowest BCUT2D eigenvalue weighted by molar-refractivity contribution is -0.384. The molecule has 0 amide bonds. The highest BCUT2D eigenvalue weighted by atomic mass is 32.1. The van der Waals surface area contributed by atoms with Crippen LogP contribution in [0.5, 0.6) is 0 Å². The van der Waals surface area contributed by atoms with Gasteiger partial charge in [-0.15, -0.1) is 17.8 Å². The molecule has 10 nitrogen and oxygen atoms in total. The average Bonchev–Trinajstić information content (AvgIpc) is 3.53. The van der Waals surface area contributed by atoms with Crippen LogP contribution in [0.3, 0.4) is 0 Å². The van der Waals surface area contributed by atoms with Crippen molar-refractivity contribution in [3.8, 4) is 23.7 Å². The molecule has 0 aliphatic carbocycles. The van der Waals surface area contributed by atoms with E-state index in [2.05, 4.69) is 26.4 Å². The van der Waals surface area contributed by atoms with Crippen molar-refractivity contribution in [3.63, 3.8) is 0 Å². The second-order valence-electron chi connectivity index (χ2n) is 8.12. The first kappa shape index (κ1) is 24.7. The number of rotatable bonds is 7. The molecule has 4 rings (SSSR count). The molecule has 35 heavy (non-hydrogen) atoms. The van der Waals surface area contributed by atoms with E-state index in [4.69, 9.17) is 10.9 Å². The maximum absolute atomic E-state index is 13.0. The zero-order chi connectivity index (χ0) is 25.4. The molecular weight excluding hydrogens is 489 g/mol. The molecule has 2 N–H and O–H groups in total. The molecule has 1 saturated heterocycles. The summed E-state index contributed by atoms with van der Waals surface area (Å²) in [6, 6.07) is 1.48. The molecule has 0 radical (unpaired) electrons. The van der Waals surface area contributed by atoms with Crippen LogP contribution in [0.4, 0.5) is 18.9 Å². The summed E-state index contributed by atoms with van der Waals surface area (Å²) in [5, 5.41) is 31.8. The van der Waals surface area contributed by atoms with E-state index in [9.17, 15) is 28.4 Å². The fourth-order valence-electron chi connectivity index (χ4n) is 3.72. The second kappa shape index (κ2) is 9.34. The lowest BCUT2D eigenvalue weighted by Crippen LogP contribution is -2.28. The maximum Gasteiger partial charge on any atom is 0.416 e. The molecule has 0 saturated carbocycles. The van der Waals surface area contributed by atoms with Crippen LogP contribution in [0.25, 0.3) is 11.4 Å². The van der Waals surface area contributed by atoms with E-state index in [1.807, 2.05) is 11.9 Å². The smallest absolute Gasteiger partial charge is 0.382 e. The van der Waals surface area contributed by atoms with Crippen molar-refractivity contribution in [1.82, 2.24) is 25.3 Å². The van der Waals surface area contributed by atoms with Crippen LogP contribution in [0.15, 0.2) is 28.1 Å². The van der Waals surface area contributed by atoms with E-state index in [0.29, 0.717) is 30.9 Å². The first-order valence-electron chi connectivity index (χ1n) is 10.2. The maximum atomic E-state index is 13.0. The van der Waals surface area contributed by atoms with Gasteiger partial charge in [0.25, 0.3) is 5.69 Å². The lowest BCUT2D eigenvalue weighted by atomic mass is 9.97. The topological polar surface area (TPSA) is 130 Å². The van der Waals surface area contributed by atoms with Gasteiger partial charge in [-0.25, -0.2) is 4.98 Å². The van der Waals surface area contributed by atoms with Crippen molar-refractivity contribution in [3.05, 3.63) is 55.8 Å². The van der Waals surface area contributed by atoms with Gasteiger partial charge in [0.15, 0.2) is 0 Å². The Balaban J connectivity index is 1.52. The Kier molecular flexibility index (Phi) is 6.60. The first-order chi connectivity index (χ1) is 16.5. The van der Waals surface area contributed by atoms with Gasteiger partial charge in [-0.1, -0.05) is 11.1 Å². The summed E-state index contributed by atoms with van der Waals surface area (Å²) in [4.78, 5) is 21.0. The van der Waals surface area contributed by atoms with Gasteiger partial charge in [0.2, 0.25) is 11.7 Å². The zero-order valence-electron chi connectivity index (χ0n) is 18.2. The fraction of sp³-hybridized carbons (Fsp3) is 0.381. The Hall–Kier alpha value is -3.38. The third-order valence-corrected chi connectivity index (χ3v) is 6.31. The van der Waals surface area contributed by atoms with Crippen molar-refractivity contribution >= 4 is 17.0 Å². The van der Waals surface area contributed by atoms with Gasteiger partial charge in [-0.05, 0) is 19.2 Å². The standard InChI is InChI=1S/C21H19F3N6O4S/c1-3-6-29(2)9-17-26-16(10-35-17)20(31)8-14(25-11-20)19-27-18(28-34-19)13-5-4-12(21(22,23)24)7-15(13)30(32)33/h1,4-5,7,10,14,25,31H,6,8-9,11H2,2H3/t14-,20-/m1/s1. The van der Waals surface area contributed by atoms with E-state index in [1.165, 1.54) is 11.3 Å². The predicted octanol–water partition coefficient (Wildman–Crippen LogP) is 3.11. The third kappa shape index (κ3) is 5.17. The SMILES string of the molecule is C#CCN(C)Cc1nc([C@]2(O)CN[C@@H](c3nc(-c4ccc(C(F)(F)F)cc4[N+](=O)[O-])no3)C2)cs1. The number of nitro groups is 1. The monoisotopic (exact) mass is 508 g/mol. The number of aromatic nitrogens is 3. The Morgan fingerprint density at radius 3 is 2.91 bits per heavy atom. The molecule has 2 atom stereocenters. The molecule has 14 heteroatoms. The van der Waals surface area contributed by atoms with E-state index in [1.54, 1.807) is 5.38 Å². The molecule has 2 aromatic heterocycles. The summed E-state index contributed by atoms with van der Waals surface area (Å²) >= 11 is 1.39. The Bertz CT molecular complexity index is 1290. The summed E-state index contributed by atoms with van der Waals surface area (Å²) < 4.78 is 44.1. The van der Waals surface area contributed by atoms with E-state index < -0.39 is 34.0 Å². The van der Waals surface area contributed by atoms with Gasteiger partial charge in [0.1, 0.15) is 16.2 Å². The van der Waals surface area contributed by atoms with Crippen LogP contribution in [-0.4, -0.2) is 50.2 Å². The highest BCUT2D eigenvalue weighted by molar-refractivity contribution is 7.09. The van der Waals surface area contributed by atoms with Gasteiger partial charge >= 0.3 is 6.18 Å². The molecule has 1 aromatic carbocycles. The molecule has 3 aromatic rings. The van der Waals surface area contributed by atoms with Crippen LogP contribution in [0, 0.1) is 22.5 Å². The van der Waals surface area contributed by atoms with Crippen molar-refractivity contribution in [2.24, 2.45) is 0 Å². The van der Waals surface area contributed by atoms with Gasteiger partial charge in [0, 0.05) is 24.4 Å². The van der Waals surface area contributed by atoms with E-state index in [0.717, 1.165) is 11.1 Å². The van der Waals surface area contributed by atoms with Gasteiger partial charge in [-0.3, -0.25) is 15.0 Å². The molecule has 3 heterocycles. The summed E-state index contributed by atoms with van der Waals surface area (Å²) in [6.07, 6.45) is 0.702. The average molecular weight is 508 g/mol. The second-order valence-corrected chi connectivity index (χ2v) is 9.06. The molecule has 1 aliphatic heterocycles. The largest absolute Gasteiger partial charge is 0.416 e. The van der Waals surface area contributed by atoms with Crippen LogP contribution >= 0.6 is 11.3 Å². The number of alkyl halides is 3. The van der Waals surface area contributed by atoms with Crippen LogP contribution in [0.1, 0.15) is 34.6 Å². The number of hydrogen-bond donors (Lipinski definition) is 2. The minimum atomic E-state index is -4.74. The number of β-amino-alcohol motifs (C(OH)–C–C–N with tert-alkyl or cyclic N) is 1. The van der Waals surface area contributed by atoms with E-state index >= 15 is 0 Å². The van der Waals surface area contributed by atoms with Gasteiger partial charge in [0.05, 0.1) is 35.3 Å². The highest BCUT2D eigenvalue weighted by Gasteiger charge is 2.43. The molecular formula is C21H19F3N6O4S. The Labute approximate surface area is 200 Å². The van der Waals surface area contributed by atoms with Gasteiger partial charge in [-0.2, -0.15) is 18.2 Å². The summed E-state index contributed by atoms with van der Waals surface area (Å²) in [6.45, 7) is 1.12. The Morgan fingerprint density at radius 2 is 2.23 bits per heavy atom. The molecule has 0 spiro atoms. The van der Waals surface area contributed by atoms with Crippen molar-refractivity contribution < 1.29 is 27.7 Å². The van der Waals surface area contributed by atoms with Crippen molar-refractivity contribution in [2.45, 2.75) is 30.8 Å². The Morgan fingerprint density at radius 1 is 1.46 bits per heavy atom. The van der Waals surface area contributed by atoms with Crippen LogP contribution in [0.2, 0.25) is 0 Å². The number of hydrogen-bond acceptors (Lipinski definition) is 10. The van der Waals surface area contributed by atoms with Crippen molar-refractivity contribution in [1.29, 1.82) is 0 Å². The summed E-state index contributed by atoms with van der Waals surface area (Å²) in [5.41, 5.74) is -3.02. The molecule has 184 valence electrons. The predicted molar refractivity (Wildman–Crippen MR) is 118 cm³/mol. The van der Waals surface area contributed by atoms with Gasteiger partial charge < -0.3 is 14.9 Å². The van der Waals surface area contributed by atoms with Crippen LogP contribution < -0.4 is 5.32 Å². The van der Waals surface area contributed by atoms with Crippen molar-refractivity contribution in [2.75, 3.05) is 20.1 Å².